The highest BCUT2D eigenvalue weighted by Crippen LogP contribution is 2.17. The zero-order chi connectivity index (χ0) is 20.9. The maximum Gasteiger partial charge on any atom is 0.413 e. The highest BCUT2D eigenvalue weighted by atomic mass is 32.2. The fourth-order valence-corrected chi connectivity index (χ4v) is 2.58. The molecule has 0 heterocycles. The van der Waals surface area contributed by atoms with E-state index in [0.29, 0.717) is 17.9 Å². The average Bonchev–Trinajstić information content (AvgIpc) is 2.69. The molecule has 0 aliphatic rings. The molecule has 3 amide bonds. The van der Waals surface area contributed by atoms with E-state index in [-0.39, 0.29) is 12.2 Å². The van der Waals surface area contributed by atoms with Gasteiger partial charge in [0.15, 0.2) is 6.61 Å². The van der Waals surface area contributed by atoms with E-state index in [2.05, 4.69) is 10.1 Å². The normalized spacial score (nSPS) is 11.1. The largest absolute Gasteiger partial charge is 0.496 e. The predicted molar refractivity (Wildman–Crippen MR) is 103 cm³/mol. The molecule has 2 N–H and O–H groups in total. The summed E-state index contributed by atoms with van der Waals surface area (Å²) in [6.07, 6.45) is 1.24. The summed E-state index contributed by atoms with van der Waals surface area (Å²) in [5, 5.41) is 4.51. The maximum atomic E-state index is 12.5. The summed E-state index contributed by atoms with van der Waals surface area (Å²) in [6, 6.07) is 5.63. The minimum Gasteiger partial charge on any atom is -0.496 e. The van der Waals surface area contributed by atoms with Gasteiger partial charge in [0.2, 0.25) is 0 Å². The van der Waals surface area contributed by atoms with Gasteiger partial charge >= 0.3 is 12.1 Å². The molecule has 0 saturated carbocycles. The number of methoxy groups -OCH3 is 1. The summed E-state index contributed by atoms with van der Waals surface area (Å²) >= 11 is 1.49. The monoisotopic (exact) mass is 412 g/mol. The summed E-state index contributed by atoms with van der Waals surface area (Å²) in [7, 11) is 1.44. The van der Waals surface area contributed by atoms with Crippen LogP contribution in [-0.2, 0) is 19.1 Å². The highest BCUT2D eigenvalue weighted by molar-refractivity contribution is 7.98. The zero-order valence-electron chi connectivity index (χ0n) is 16.0. The van der Waals surface area contributed by atoms with Gasteiger partial charge in [-0.05, 0) is 37.5 Å². The molecule has 28 heavy (non-hydrogen) atoms. The number of imide groups is 1. The van der Waals surface area contributed by atoms with Crippen LogP contribution in [0.4, 0.5) is 4.79 Å². The quantitative estimate of drug-likeness (QED) is 0.553. The second-order valence-corrected chi connectivity index (χ2v) is 6.37. The molecule has 0 aliphatic carbocycles. The third-order valence-corrected chi connectivity index (χ3v) is 4.06. The Balaban J connectivity index is 2.70. The average molecular weight is 412 g/mol. The van der Waals surface area contributed by atoms with Gasteiger partial charge in [-0.3, -0.25) is 14.9 Å². The van der Waals surface area contributed by atoms with Gasteiger partial charge in [-0.15, -0.1) is 0 Å². The highest BCUT2D eigenvalue weighted by Gasteiger charge is 2.25. The Kier molecular flexibility index (Phi) is 10.5. The topological polar surface area (TPSA) is 120 Å². The molecule has 0 radical (unpaired) electrons. The number of hydrogen-bond donors (Lipinski definition) is 2. The van der Waals surface area contributed by atoms with E-state index in [9.17, 15) is 19.2 Å². The van der Waals surface area contributed by atoms with Crippen LogP contribution in [0.2, 0.25) is 0 Å². The predicted octanol–water partition coefficient (Wildman–Crippen LogP) is 1.36. The molecule has 1 atom stereocenters. The molecule has 1 rings (SSSR count). The summed E-state index contributed by atoms with van der Waals surface area (Å²) in [4.78, 5) is 47.6. The number of para-hydroxylation sites is 1. The molecule has 9 nitrogen and oxygen atoms in total. The number of carbonyl (C=O) groups is 4. The first-order valence-electron chi connectivity index (χ1n) is 8.49. The molecule has 0 aliphatic heterocycles. The van der Waals surface area contributed by atoms with Crippen molar-refractivity contribution in [2.24, 2.45) is 0 Å². The van der Waals surface area contributed by atoms with Crippen LogP contribution < -0.4 is 15.4 Å². The molecule has 10 heteroatoms. The molecule has 0 saturated heterocycles. The van der Waals surface area contributed by atoms with E-state index < -0.39 is 36.5 Å². The van der Waals surface area contributed by atoms with Crippen LogP contribution in [0, 0.1) is 0 Å². The number of benzene rings is 1. The lowest BCUT2D eigenvalue weighted by Crippen LogP contribution is -2.44. The number of amides is 3. The molecule has 0 bridgehead atoms. The van der Waals surface area contributed by atoms with Gasteiger partial charge in [-0.2, -0.15) is 11.8 Å². The van der Waals surface area contributed by atoms with E-state index in [1.807, 2.05) is 11.6 Å². The van der Waals surface area contributed by atoms with Crippen LogP contribution in [0.25, 0.3) is 0 Å². The first kappa shape index (κ1) is 23.3. The van der Waals surface area contributed by atoms with Crippen molar-refractivity contribution < 1.29 is 33.4 Å². The molecule has 1 aromatic carbocycles. The van der Waals surface area contributed by atoms with E-state index >= 15 is 0 Å². The summed E-state index contributed by atoms with van der Waals surface area (Å²) in [6.45, 7) is 1.02. The van der Waals surface area contributed by atoms with Gasteiger partial charge in [0.05, 0.1) is 19.3 Å². The number of alkyl carbamates (subject to hydrolysis) is 1. The van der Waals surface area contributed by atoms with Crippen molar-refractivity contribution in [2.75, 3.05) is 32.3 Å². The van der Waals surface area contributed by atoms with E-state index in [4.69, 9.17) is 9.47 Å². The molecular formula is C18H24N2O7S. The van der Waals surface area contributed by atoms with Gasteiger partial charge in [-0.1, -0.05) is 12.1 Å². The second kappa shape index (κ2) is 12.6. The molecule has 154 valence electrons. The van der Waals surface area contributed by atoms with Crippen LogP contribution >= 0.6 is 11.8 Å². The van der Waals surface area contributed by atoms with Crippen LogP contribution in [0.1, 0.15) is 23.7 Å². The lowest BCUT2D eigenvalue weighted by molar-refractivity contribution is -0.150. The lowest BCUT2D eigenvalue weighted by atomic mass is 10.1. The number of carbonyl (C=O) groups excluding carboxylic acids is 4. The van der Waals surface area contributed by atoms with Crippen LogP contribution in [0.3, 0.4) is 0 Å². The Morgan fingerprint density at radius 3 is 2.50 bits per heavy atom. The van der Waals surface area contributed by atoms with E-state index in [1.165, 1.54) is 18.9 Å². The summed E-state index contributed by atoms with van der Waals surface area (Å²) < 4.78 is 14.6. The van der Waals surface area contributed by atoms with Crippen molar-refractivity contribution >= 4 is 35.6 Å². The van der Waals surface area contributed by atoms with Gasteiger partial charge in [0.25, 0.3) is 11.8 Å². The molecular weight excluding hydrogens is 388 g/mol. The Morgan fingerprint density at radius 2 is 1.86 bits per heavy atom. The molecule has 0 aromatic heterocycles. The molecule has 0 unspecified atom stereocenters. The van der Waals surface area contributed by atoms with Crippen LogP contribution in [-0.4, -0.2) is 62.3 Å². The van der Waals surface area contributed by atoms with Crippen molar-refractivity contribution in [3.63, 3.8) is 0 Å². The first-order chi connectivity index (χ1) is 13.4. The molecule has 0 spiro atoms. The number of ether oxygens (including phenoxy) is 3. The first-order valence-corrected chi connectivity index (χ1v) is 9.88. The minimum absolute atomic E-state index is 0.102. The molecule has 1 aromatic rings. The molecule has 0 fully saturated rings. The van der Waals surface area contributed by atoms with Crippen molar-refractivity contribution in [1.29, 1.82) is 0 Å². The van der Waals surface area contributed by atoms with Gasteiger partial charge in [-0.25, -0.2) is 9.59 Å². The smallest absolute Gasteiger partial charge is 0.413 e. The fraction of sp³-hybridized carbons (Fsp3) is 0.444. The van der Waals surface area contributed by atoms with Crippen LogP contribution in [0.5, 0.6) is 5.75 Å². The maximum absolute atomic E-state index is 12.5. The minimum atomic E-state index is -0.958. The third kappa shape index (κ3) is 7.87. The summed E-state index contributed by atoms with van der Waals surface area (Å²) in [5.74, 6) is -1.16. The fourth-order valence-electron chi connectivity index (χ4n) is 2.11. The van der Waals surface area contributed by atoms with E-state index in [1.54, 1.807) is 31.2 Å². The van der Waals surface area contributed by atoms with Gasteiger partial charge < -0.3 is 19.5 Å². The van der Waals surface area contributed by atoms with Crippen molar-refractivity contribution in [3.05, 3.63) is 29.8 Å². The van der Waals surface area contributed by atoms with Crippen molar-refractivity contribution in [2.45, 2.75) is 19.4 Å². The number of thioether (sulfide) groups is 1. The zero-order valence-corrected chi connectivity index (χ0v) is 16.8. The number of esters is 1. The lowest BCUT2D eigenvalue weighted by Gasteiger charge is -2.18. The van der Waals surface area contributed by atoms with Crippen molar-refractivity contribution in [1.82, 2.24) is 10.6 Å². The number of hydrogen-bond acceptors (Lipinski definition) is 8. The Hall–Kier alpha value is -2.75. The standard InChI is InChI=1S/C18H24N2O7S/c1-4-26-18(24)20-15(21)11-27-17(23)13(9-10-28-3)19-16(22)12-7-5-6-8-14(12)25-2/h5-8,13H,4,9-11H2,1-3H3,(H,19,22)(H,20,21,24)/t13-/m1/s1. The Bertz CT molecular complexity index is 696. The third-order valence-electron chi connectivity index (χ3n) is 3.41. The second-order valence-electron chi connectivity index (χ2n) is 5.38. The number of nitrogens with one attached hydrogen (secondary N) is 2. The van der Waals surface area contributed by atoms with Gasteiger partial charge in [0.1, 0.15) is 11.8 Å². The Morgan fingerprint density at radius 1 is 1.14 bits per heavy atom. The SMILES string of the molecule is CCOC(=O)NC(=O)COC(=O)[C@@H](CCSC)NC(=O)c1ccccc1OC. The van der Waals surface area contributed by atoms with E-state index in [0.717, 1.165) is 0 Å². The van der Waals surface area contributed by atoms with Crippen LogP contribution in [0.15, 0.2) is 24.3 Å². The number of rotatable bonds is 10. The Labute approximate surface area is 167 Å². The summed E-state index contributed by atoms with van der Waals surface area (Å²) in [5.41, 5.74) is 0.270. The van der Waals surface area contributed by atoms with Gasteiger partial charge in [0, 0.05) is 0 Å². The van der Waals surface area contributed by atoms with Crippen molar-refractivity contribution in [3.8, 4) is 5.75 Å².